The van der Waals surface area contributed by atoms with Crippen molar-refractivity contribution in [2.24, 2.45) is 0 Å². The van der Waals surface area contributed by atoms with Crippen molar-refractivity contribution in [3.05, 3.63) is 11.4 Å². The highest BCUT2D eigenvalue weighted by Crippen LogP contribution is 2.22. The standard InChI is InChI=1S/C15H28N4S/c1-11(2)13-18-14(16-4)12(3)15(19-13)17-9-7-6-8-10-20-5/h11H,6-10H2,1-5H3,(H2,16,17,18,19). The summed E-state index contributed by atoms with van der Waals surface area (Å²) in [4.78, 5) is 9.20. The summed E-state index contributed by atoms with van der Waals surface area (Å²) in [6, 6.07) is 0. The molecule has 0 aliphatic carbocycles. The van der Waals surface area contributed by atoms with Crippen LogP contribution < -0.4 is 10.6 Å². The maximum Gasteiger partial charge on any atom is 0.135 e. The fourth-order valence-corrected chi connectivity index (χ4v) is 2.46. The summed E-state index contributed by atoms with van der Waals surface area (Å²) >= 11 is 1.92. The predicted molar refractivity (Wildman–Crippen MR) is 91.1 cm³/mol. The molecule has 0 spiro atoms. The first-order chi connectivity index (χ1) is 9.60. The highest BCUT2D eigenvalue weighted by Gasteiger charge is 2.11. The monoisotopic (exact) mass is 296 g/mol. The molecule has 20 heavy (non-hydrogen) atoms. The average Bonchev–Trinajstić information content (AvgIpc) is 2.44. The maximum absolute atomic E-state index is 4.65. The molecule has 1 aromatic rings. The van der Waals surface area contributed by atoms with E-state index >= 15 is 0 Å². The van der Waals surface area contributed by atoms with Crippen LogP contribution in [0, 0.1) is 6.92 Å². The highest BCUT2D eigenvalue weighted by molar-refractivity contribution is 7.98. The third kappa shape index (κ3) is 5.19. The Balaban J connectivity index is 2.61. The lowest BCUT2D eigenvalue weighted by Gasteiger charge is -2.15. The molecule has 0 saturated carbocycles. The Morgan fingerprint density at radius 1 is 1.10 bits per heavy atom. The molecule has 0 atom stereocenters. The van der Waals surface area contributed by atoms with Gasteiger partial charge in [-0.2, -0.15) is 11.8 Å². The lowest BCUT2D eigenvalue weighted by Crippen LogP contribution is -2.11. The summed E-state index contributed by atoms with van der Waals surface area (Å²) in [5.41, 5.74) is 1.10. The molecular formula is C15H28N4S. The quantitative estimate of drug-likeness (QED) is 0.677. The summed E-state index contributed by atoms with van der Waals surface area (Å²) in [5.74, 6) is 4.38. The minimum atomic E-state index is 0.338. The number of anilines is 2. The van der Waals surface area contributed by atoms with Crippen molar-refractivity contribution < 1.29 is 0 Å². The van der Waals surface area contributed by atoms with Crippen molar-refractivity contribution in [2.75, 3.05) is 36.2 Å². The van der Waals surface area contributed by atoms with Gasteiger partial charge in [0.15, 0.2) is 0 Å². The molecule has 0 bridgehead atoms. The Kier molecular flexibility index (Phi) is 7.73. The number of nitrogens with one attached hydrogen (secondary N) is 2. The van der Waals surface area contributed by atoms with Gasteiger partial charge in [-0.3, -0.25) is 0 Å². The first-order valence-electron chi connectivity index (χ1n) is 7.39. The van der Waals surface area contributed by atoms with Gasteiger partial charge in [0.1, 0.15) is 17.5 Å². The van der Waals surface area contributed by atoms with Gasteiger partial charge in [-0.15, -0.1) is 0 Å². The van der Waals surface area contributed by atoms with Crippen LogP contribution in [0.25, 0.3) is 0 Å². The summed E-state index contributed by atoms with van der Waals surface area (Å²) in [7, 11) is 1.91. The molecule has 0 fully saturated rings. The second kappa shape index (κ2) is 9.06. The normalized spacial score (nSPS) is 10.9. The summed E-state index contributed by atoms with van der Waals surface area (Å²) in [5, 5.41) is 6.62. The number of unbranched alkanes of at least 4 members (excludes halogenated alkanes) is 2. The van der Waals surface area contributed by atoms with Crippen LogP contribution in [0.2, 0.25) is 0 Å². The Morgan fingerprint density at radius 3 is 2.40 bits per heavy atom. The van der Waals surface area contributed by atoms with Crippen LogP contribution in [0.1, 0.15) is 50.4 Å². The topological polar surface area (TPSA) is 49.8 Å². The average molecular weight is 296 g/mol. The van der Waals surface area contributed by atoms with Gasteiger partial charge < -0.3 is 10.6 Å². The van der Waals surface area contributed by atoms with Crippen LogP contribution in [0.15, 0.2) is 0 Å². The van der Waals surface area contributed by atoms with E-state index in [0.29, 0.717) is 5.92 Å². The Bertz CT molecular complexity index is 407. The van der Waals surface area contributed by atoms with Crippen molar-refractivity contribution in [1.82, 2.24) is 9.97 Å². The summed E-state index contributed by atoms with van der Waals surface area (Å²) in [6.45, 7) is 7.28. The second-order valence-electron chi connectivity index (χ2n) is 5.29. The van der Waals surface area contributed by atoms with Gasteiger partial charge in [-0.25, -0.2) is 9.97 Å². The number of aromatic nitrogens is 2. The number of thioether (sulfide) groups is 1. The molecule has 0 aliphatic rings. The lowest BCUT2D eigenvalue weighted by molar-refractivity contribution is 0.741. The maximum atomic E-state index is 4.65. The van der Waals surface area contributed by atoms with Gasteiger partial charge in [-0.1, -0.05) is 20.3 Å². The zero-order valence-electron chi connectivity index (χ0n) is 13.4. The molecule has 1 heterocycles. The molecule has 1 aromatic heterocycles. The van der Waals surface area contributed by atoms with Gasteiger partial charge in [0, 0.05) is 25.1 Å². The number of hydrogen-bond acceptors (Lipinski definition) is 5. The zero-order chi connectivity index (χ0) is 15.0. The third-order valence-electron chi connectivity index (χ3n) is 3.23. The molecule has 0 saturated heterocycles. The Hall–Kier alpha value is -0.970. The van der Waals surface area contributed by atoms with Crippen LogP contribution in [0.3, 0.4) is 0 Å². The molecule has 0 aromatic carbocycles. The van der Waals surface area contributed by atoms with Gasteiger partial charge in [-0.05, 0) is 31.8 Å². The molecular weight excluding hydrogens is 268 g/mol. The summed E-state index contributed by atoms with van der Waals surface area (Å²) in [6.07, 6.45) is 5.92. The zero-order valence-corrected chi connectivity index (χ0v) is 14.2. The van der Waals surface area contributed by atoms with E-state index < -0.39 is 0 Å². The first kappa shape index (κ1) is 17.1. The van der Waals surface area contributed by atoms with Crippen LogP contribution in [0.5, 0.6) is 0 Å². The van der Waals surface area contributed by atoms with E-state index in [1.165, 1.54) is 25.0 Å². The van der Waals surface area contributed by atoms with E-state index in [0.717, 1.165) is 29.6 Å². The molecule has 5 heteroatoms. The molecule has 0 unspecified atom stereocenters. The van der Waals surface area contributed by atoms with E-state index in [-0.39, 0.29) is 0 Å². The fourth-order valence-electron chi connectivity index (χ4n) is 1.96. The van der Waals surface area contributed by atoms with Crippen molar-refractivity contribution >= 4 is 23.4 Å². The molecule has 0 amide bonds. The van der Waals surface area contributed by atoms with E-state index in [1.54, 1.807) is 0 Å². The van der Waals surface area contributed by atoms with Crippen LogP contribution in [0.4, 0.5) is 11.6 Å². The SMILES string of the molecule is CNc1nc(C(C)C)nc(NCCCCCSC)c1C. The predicted octanol–water partition coefficient (Wildman–Crippen LogP) is 3.90. The second-order valence-corrected chi connectivity index (χ2v) is 6.27. The van der Waals surface area contributed by atoms with Crippen LogP contribution in [-0.4, -0.2) is 35.6 Å². The van der Waals surface area contributed by atoms with E-state index in [9.17, 15) is 0 Å². The molecule has 0 radical (unpaired) electrons. The molecule has 2 N–H and O–H groups in total. The lowest BCUT2D eigenvalue weighted by atomic mass is 10.2. The fraction of sp³-hybridized carbons (Fsp3) is 0.733. The number of hydrogen-bond donors (Lipinski definition) is 2. The van der Waals surface area contributed by atoms with E-state index in [2.05, 4.69) is 47.6 Å². The van der Waals surface area contributed by atoms with Crippen molar-refractivity contribution in [3.8, 4) is 0 Å². The van der Waals surface area contributed by atoms with Crippen molar-refractivity contribution in [2.45, 2.75) is 46.0 Å². The van der Waals surface area contributed by atoms with Gasteiger partial charge in [0.25, 0.3) is 0 Å². The molecule has 4 nitrogen and oxygen atoms in total. The van der Waals surface area contributed by atoms with E-state index in [1.807, 2.05) is 18.8 Å². The minimum Gasteiger partial charge on any atom is -0.373 e. The molecule has 114 valence electrons. The van der Waals surface area contributed by atoms with Crippen molar-refractivity contribution in [3.63, 3.8) is 0 Å². The van der Waals surface area contributed by atoms with Gasteiger partial charge in [0.2, 0.25) is 0 Å². The van der Waals surface area contributed by atoms with Crippen molar-refractivity contribution in [1.29, 1.82) is 0 Å². The number of nitrogens with zero attached hydrogens (tertiary/aromatic N) is 2. The third-order valence-corrected chi connectivity index (χ3v) is 3.93. The first-order valence-corrected chi connectivity index (χ1v) is 8.78. The Labute approximate surface area is 127 Å². The number of rotatable bonds is 9. The van der Waals surface area contributed by atoms with Crippen LogP contribution in [-0.2, 0) is 0 Å². The molecule has 1 rings (SSSR count). The smallest absolute Gasteiger partial charge is 0.135 e. The van der Waals surface area contributed by atoms with Gasteiger partial charge in [0.05, 0.1) is 0 Å². The highest BCUT2D eigenvalue weighted by atomic mass is 32.2. The Morgan fingerprint density at radius 2 is 1.80 bits per heavy atom. The molecule has 0 aliphatic heterocycles. The van der Waals surface area contributed by atoms with Crippen LogP contribution >= 0.6 is 11.8 Å². The van der Waals surface area contributed by atoms with Gasteiger partial charge >= 0.3 is 0 Å². The minimum absolute atomic E-state index is 0.338. The summed E-state index contributed by atoms with van der Waals surface area (Å²) < 4.78 is 0. The van der Waals surface area contributed by atoms with E-state index in [4.69, 9.17) is 0 Å². The largest absolute Gasteiger partial charge is 0.373 e.